The third-order valence-electron chi connectivity index (χ3n) is 3.01. The monoisotopic (exact) mass is 288 g/mol. The molecule has 0 aliphatic carbocycles. The summed E-state index contributed by atoms with van der Waals surface area (Å²) in [6, 6.07) is 4.24. The third-order valence-corrected chi connectivity index (χ3v) is 5.59. The number of carbonyl (C=O) groups is 1. The topological polar surface area (TPSA) is 80.5 Å². The number of hydrogen-bond donors (Lipinski definition) is 1. The summed E-state index contributed by atoms with van der Waals surface area (Å²) >= 11 is 5.88. The molecule has 7 heteroatoms. The highest BCUT2D eigenvalue weighted by molar-refractivity contribution is 7.93. The summed E-state index contributed by atoms with van der Waals surface area (Å²) in [4.78, 5) is 13.1. The highest BCUT2D eigenvalue weighted by Gasteiger charge is 2.41. The van der Waals surface area contributed by atoms with E-state index in [4.69, 9.17) is 17.3 Å². The zero-order valence-corrected chi connectivity index (χ0v) is 11.3. The largest absolute Gasteiger partial charge is 0.399 e. The van der Waals surface area contributed by atoms with Gasteiger partial charge in [0.25, 0.3) is 0 Å². The van der Waals surface area contributed by atoms with Gasteiger partial charge in [0.2, 0.25) is 5.91 Å². The lowest BCUT2D eigenvalue weighted by Crippen LogP contribution is -2.31. The molecule has 0 spiro atoms. The van der Waals surface area contributed by atoms with Gasteiger partial charge in [0.1, 0.15) is 5.25 Å². The highest BCUT2D eigenvalue weighted by atomic mass is 35.5. The zero-order chi connectivity index (χ0) is 13.5. The maximum absolute atomic E-state index is 12.4. The highest BCUT2D eigenvalue weighted by Crippen LogP contribution is 2.30. The number of halogens is 1. The minimum absolute atomic E-state index is 0.0715. The maximum atomic E-state index is 12.4. The van der Waals surface area contributed by atoms with Crippen LogP contribution < -0.4 is 5.73 Å². The van der Waals surface area contributed by atoms with Crippen LogP contribution in [0.4, 0.5) is 5.69 Å². The van der Waals surface area contributed by atoms with E-state index in [0.717, 1.165) is 0 Å². The molecule has 1 amide bonds. The van der Waals surface area contributed by atoms with Gasteiger partial charge in [0.05, 0.1) is 9.92 Å². The van der Waals surface area contributed by atoms with Gasteiger partial charge in [-0.15, -0.1) is 0 Å². The molecule has 1 aromatic carbocycles. The molecule has 1 aliphatic rings. The van der Waals surface area contributed by atoms with Crippen LogP contribution >= 0.6 is 11.6 Å². The number of amides is 1. The van der Waals surface area contributed by atoms with E-state index in [9.17, 15) is 13.2 Å². The maximum Gasteiger partial charge on any atom is 0.241 e. The van der Waals surface area contributed by atoms with Crippen LogP contribution in [0.3, 0.4) is 0 Å². The van der Waals surface area contributed by atoms with Gasteiger partial charge in [-0.2, -0.15) is 0 Å². The minimum atomic E-state index is -3.78. The molecule has 18 heavy (non-hydrogen) atoms. The van der Waals surface area contributed by atoms with Crippen molar-refractivity contribution in [3.63, 3.8) is 0 Å². The van der Waals surface area contributed by atoms with Gasteiger partial charge in [0.15, 0.2) is 9.84 Å². The predicted molar refractivity (Wildman–Crippen MR) is 69.1 cm³/mol. The number of rotatable bonds is 2. The molecule has 1 unspecified atom stereocenters. The smallest absolute Gasteiger partial charge is 0.241 e. The molecular formula is C11H13ClN2O3S. The first-order chi connectivity index (χ1) is 8.34. The molecule has 1 aromatic rings. The Hall–Kier alpha value is -1.27. The van der Waals surface area contributed by atoms with Gasteiger partial charge in [-0.3, -0.25) is 4.79 Å². The molecule has 0 saturated carbocycles. The van der Waals surface area contributed by atoms with Crippen LogP contribution in [0.1, 0.15) is 6.42 Å². The molecule has 98 valence electrons. The van der Waals surface area contributed by atoms with Crippen LogP contribution in [0.25, 0.3) is 0 Å². The Morgan fingerprint density at radius 1 is 1.44 bits per heavy atom. The zero-order valence-electron chi connectivity index (χ0n) is 9.76. The van der Waals surface area contributed by atoms with Crippen LogP contribution in [-0.2, 0) is 14.6 Å². The number of carbonyl (C=O) groups excluding carboxylic acids is 1. The van der Waals surface area contributed by atoms with Gasteiger partial charge in [-0.1, -0.05) is 11.6 Å². The van der Waals surface area contributed by atoms with Crippen molar-refractivity contribution in [1.82, 2.24) is 4.90 Å². The Balaban J connectivity index is 2.49. The van der Waals surface area contributed by atoms with E-state index >= 15 is 0 Å². The Labute approximate surface area is 110 Å². The van der Waals surface area contributed by atoms with Crippen molar-refractivity contribution in [3.8, 4) is 0 Å². The normalized spacial score (nSPS) is 20.4. The molecule has 1 saturated heterocycles. The molecule has 0 bridgehead atoms. The van der Waals surface area contributed by atoms with Crippen LogP contribution in [0.2, 0.25) is 5.02 Å². The second-order valence-electron chi connectivity index (χ2n) is 4.27. The van der Waals surface area contributed by atoms with E-state index in [0.29, 0.717) is 12.2 Å². The fraction of sp³-hybridized carbons (Fsp3) is 0.364. The van der Waals surface area contributed by atoms with Crippen LogP contribution in [0, 0.1) is 0 Å². The average Bonchev–Trinajstić information content (AvgIpc) is 2.63. The van der Waals surface area contributed by atoms with Crippen molar-refractivity contribution in [2.45, 2.75) is 16.6 Å². The Morgan fingerprint density at radius 3 is 2.67 bits per heavy atom. The molecule has 2 N–H and O–H groups in total. The number of hydrogen-bond acceptors (Lipinski definition) is 4. The Bertz CT molecular complexity index is 600. The fourth-order valence-corrected chi connectivity index (χ4v) is 4.22. The number of nitrogen functional groups attached to an aromatic ring is 1. The first-order valence-corrected chi connectivity index (χ1v) is 7.30. The molecule has 1 heterocycles. The van der Waals surface area contributed by atoms with Gasteiger partial charge in [-0.25, -0.2) is 8.42 Å². The molecule has 0 radical (unpaired) electrons. The third kappa shape index (κ3) is 2.06. The molecule has 1 fully saturated rings. The number of sulfone groups is 1. The van der Waals surface area contributed by atoms with E-state index < -0.39 is 21.0 Å². The average molecular weight is 289 g/mol. The van der Waals surface area contributed by atoms with Gasteiger partial charge in [0, 0.05) is 19.3 Å². The first kappa shape index (κ1) is 13.2. The summed E-state index contributed by atoms with van der Waals surface area (Å²) in [5.74, 6) is -0.395. The SMILES string of the molecule is CN1CCC(S(=O)(=O)c2cc(N)ccc2Cl)C1=O. The molecule has 5 nitrogen and oxygen atoms in total. The number of nitrogens with two attached hydrogens (primary N) is 1. The molecular weight excluding hydrogens is 276 g/mol. The van der Waals surface area contributed by atoms with Crippen molar-refractivity contribution >= 4 is 33.0 Å². The second kappa shape index (κ2) is 4.44. The number of likely N-dealkylation sites (tertiary alicyclic amines) is 1. The van der Waals surface area contributed by atoms with Crippen LogP contribution in [-0.4, -0.2) is 38.1 Å². The summed E-state index contributed by atoms with van der Waals surface area (Å²) in [5, 5.41) is -0.964. The van der Waals surface area contributed by atoms with Crippen LogP contribution in [0.5, 0.6) is 0 Å². The summed E-state index contributed by atoms with van der Waals surface area (Å²) in [5.41, 5.74) is 5.87. The second-order valence-corrected chi connectivity index (χ2v) is 6.78. The molecule has 1 aliphatic heterocycles. The summed E-state index contributed by atoms with van der Waals surface area (Å²) in [6.07, 6.45) is 0.281. The minimum Gasteiger partial charge on any atom is -0.399 e. The van der Waals surface area contributed by atoms with E-state index in [1.54, 1.807) is 7.05 Å². The Kier molecular flexibility index (Phi) is 3.25. The van der Waals surface area contributed by atoms with Gasteiger partial charge < -0.3 is 10.6 Å². The number of benzene rings is 1. The summed E-state index contributed by atoms with van der Waals surface area (Å²) in [7, 11) is -2.19. The van der Waals surface area contributed by atoms with Crippen molar-refractivity contribution in [1.29, 1.82) is 0 Å². The lowest BCUT2D eigenvalue weighted by molar-refractivity contribution is -0.126. The number of nitrogens with zero attached hydrogens (tertiary/aromatic N) is 1. The van der Waals surface area contributed by atoms with Gasteiger partial charge >= 0.3 is 0 Å². The lowest BCUT2D eigenvalue weighted by Gasteiger charge is -2.13. The summed E-state index contributed by atoms with van der Waals surface area (Å²) < 4.78 is 24.8. The lowest BCUT2D eigenvalue weighted by atomic mass is 10.3. The molecule has 0 aromatic heterocycles. The first-order valence-electron chi connectivity index (χ1n) is 5.38. The fourth-order valence-electron chi connectivity index (χ4n) is 1.97. The van der Waals surface area contributed by atoms with E-state index in [1.165, 1.54) is 23.1 Å². The standard InChI is InChI=1S/C11H13ClN2O3S/c1-14-5-4-9(11(14)15)18(16,17)10-6-7(13)2-3-8(10)12/h2-3,6,9H,4-5,13H2,1H3. The van der Waals surface area contributed by atoms with Crippen LogP contribution in [0.15, 0.2) is 23.1 Å². The Morgan fingerprint density at radius 2 is 2.11 bits per heavy atom. The predicted octanol–water partition coefficient (Wildman–Crippen LogP) is 0.927. The van der Waals surface area contributed by atoms with E-state index in [1.807, 2.05) is 0 Å². The molecule has 2 rings (SSSR count). The van der Waals surface area contributed by atoms with E-state index in [2.05, 4.69) is 0 Å². The van der Waals surface area contributed by atoms with Gasteiger partial charge in [-0.05, 0) is 24.6 Å². The summed E-state index contributed by atoms with van der Waals surface area (Å²) in [6.45, 7) is 0.433. The van der Waals surface area contributed by atoms with Crippen molar-refractivity contribution in [3.05, 3.63) is 23.2 Å². The van der Waals surface area contributed by atoms with E-state index in [-0.39, 0.29) is 16.3 Å². The molecule has 1 atom stereocenters. The number of anilines is 1. The van der Waals surface area contributed by atoms with Crippen molar-refractivity contribution < 1.29 is 13.2 Å². The van der Waals surface area contributed by atoms with Crippen molar-refractivity contribution in [2.24, 2.45) is 0 Å². The van der Waals surface area contributed by atoms with Crippen molar-refractivity contribution in [2.75, 3.05) is 19.3 Å². The quantitative estimate of drug-likeness (QED) is 0.821.